The van der Waals surface area contributed by atoms with E-state index in [-0.39, 0.29) is 17.9 Å². The first-order chi connectivity index (χ1) is 9.52. The van der Waals surface area contributed by atoms with Gasteiger partial charge in [-0.2, -0.15) is 5.10 Å². The Balaban J connectivity index is 2.10. The molecule has 110 valence electrons. The largest absolute Gasteiger partial charge is 0.355 e. The maximum atomic E-state index is 12.5. The number of carbonyl (C=O) groups excluding carboxylic acids is 2. The Morgan fingerprint density at radius 1 is 1.60 bits per heavy atom. The minimum Gasteiger partial charge on any atom is -0.355 e. The summed E-state index contributed by atoms with van der Waals surface area (Å²) in [5.74, 6) is -0.761. The molecule has 1 aliphatic heterocycles. The van der Waals surface area contributed by atoms with Gasteiger partial charge in [0.15, 0.2) is 0 Å². The third-order valence-electron chi connectivity index (χ3n) is 3.62. The van der Waals surface area contributed by atoms with E-state index in [0.717, 1.165) is 12.1 Å². The van der Waals surface area contributed by atoms with Gasteiger partial charge >= 0.3 is 0 Å². The second-order valence-corrected chi connectivity index (χ2v) is 5.40. The van der Waals surface area contributed by atoms with Crippen LogP contribution < -0.4 is 5.32 Å². The minimum atomic E-state index is -0.529. The van der Waals surface area contributed by atoms with Gasteiger partial charge in [0.05, 0.1) is 6.20 Å². The highest BCUT2D eigenvalue weighted by atomic mass is 16.2. The van der Waals surface area contributed by atoms with Gasteiger partial charge in [-0.25, -0.2) is 0 Å². The van der Waals surface area contributed by atoms with Crippen molar-refractivity contribution in [1.82, 2.24) is 20.0 Å². The van der Waals surface area contributed by atoms with Crippen molar-refractivity contribution in [2.24, 2.45) is 5.92 Å². The van der Waals surface area contributed by atoms with Crippen molar-refractivity contribution in [3.63, 3.8) is 0 Å². The van der Waals surface area contributed by atoms with Crippen LogP contribution in [0.4, 0.5) is 0 Å². The van der Waals surface area contributed by atoms with Gasteiger partial charge in [-0.3, -0.25) is 14.3 Å². The molecule has 1 aliphatic rings. The van der Waals surface area contributed by atoms with Gasteiger partial charge in [0, 0.05) is 37.4 Å². The van der Waals surface area contributed by atoms with Gasteiger partial charge in [-0.05, 0) is 27.2 Å². The van der Waals surface area contributed by atoms with Crippen LogP contribution in [0, 0.1) is 5.92 Å². The molecule has 1 aromatic heterocycles. The van der Waals surface area contributed by atoms with Gasteiger partial charge in [0.1, 0.15) is 5.92 Å². The number of rotatable bonds is 5. The lowest BCUT2D eigenvalue weighted by Crippen LogP contribution is -2.42. The molecule has 2 amide bonds. The molecule has 1 atom stereocenters. The summed E-state index contributed by atoms with van der Waals surface area (Å²) in [6.07, 6.45) is 4.31. The Labute approximate surface area is 119 Å². The van der Waals surface area contributed by atoms with Crippen molar-refractivity contribution in [2.45, 2.75) is 46.3 Å². The maximum Gasteiger partial charge on any atom is 0.235 e. The van der Waals surface area contributed by atoms with E-state index < -0.39 is 5.92 Å². The topological polar surface area (TPSA) is 67.2 Å². The zero-order chi connectivity index (χ0) is 14.7. The Kier molecular flexibility index (Phi) is 4.42. The van der Waals surface area contributed by atoms with Crippen LogP contribution in [-0.4, -0.2) is 39.1 Å². The first-order valence-electron chi connectivity index (χ1n) is 7.12. The SMILES string of the molecule is CCn1cc(CN(C(=O)C2CCNC2=O)C(C)C)cn1. The van der Waals surface area contributed by atoms with Crippen LogP contribution in [0.3, 0.4) is 0 Å². The average molecular weight is 278 g/mol. The van der Waals surface area contributed by atoms with E-state index in [4.69, 9.17) is 0 Å². The first kappa shape index (κ1) is 14.6. The maximum absolute atomic E-state index is 12.5. The monoisotopic (exact) mass is 278 g/mol. The minimum absolute atomic E-state index is 0.0564. The number of nitrogens with one attached hydrogen (secondary N) is 1. The molecule has 20 heavy (non-hydrogen) atoms. The zero-order valence-electron chi connectivity index (χ0n) is 12.3. The highest BCUT2D eigenvalue weighted by Gasteiger charge is 2.35. The number of carbonyl (C=O) groups is 2. The van der Waals surface area contributed by atoms with Crippen molar-refractivity contribution in [1.29, 1.82) is 0 Å². The summed E-state index contributed by atoms with van der Waals surface area (Å²) in [7, 11) is 0. The summed E-state index contributed by atoms with van der Waals surface area (Å²) >= 11 is 0. The van der Waals surface area contributed by atoms with Crippen molar-refractivity contribution in [2.75, 3.05) is 6.54 Å². The summed E-state index contributed by atoms with van der Waals surface area (Å²) in [6, 6.07) is 0.0564. The fraction of sp³-hybridized carbons (Fsp3) is 0.643. The quantitative estimate of drug-likeness (QED) is 0.809. The fourth-order valence-electron chi connectivity index (χ4n) is 2.40. The molecule has 6 heteroatoms. The molecule has 2 heterocycles. The lowest BCUT2D eigenvalue weighted by Gasteiger charge is -2.28. The predicted octanol–water partition coefficient (Wildman–Crippen LogP) is 0.776. The van der Waals surface area contributed by atoms with Crippen LogP contribution in [-0.2, 0) is 22.7 Å². The molecule has 1 saturated heterocycles. The molecule has 1 aromatic rings. The van der Waals surface area contributed by atoms with E-state index in [1.807, 2.05) is 31.6 Å². The van der Waals surface area contributed by atoms with E-state index in [1.165, 1.54) is 0 Å². The van der Waals surface area contributed by atoms with Gasteiger partial charge in [0.2, 0.25) is 11.8 Å². The van der Waals surface area contributed by atoms with Crippen LogP contribution in [0.5, 0.6) is 0 Å². The van der Waals surface area contributed by atoms with Crippen LogP contribution in [0.15, 0.2) is 12.4 Å². The fourth-order valence-corrected chi connectivity index (χ4v) is 2.40. The van der Waals surface area contributed by atoms with Crippen molar-refractivity contribution >= 4 is 11.8 Å². The smallest absolute Gasteiger partial charge is 0.235 e. The molecule has 2 rings (SSSR count). The molecule has 1 unspecified atom stereocenters. The molecule has 0 aliphatic carbocycles. The molecule has 1 N–H and O–H groups in total. The first-order valence-corrected chi connectivity index (χ1v) is 7.12. The normalized spacial score (nSPS) is 18.4. The van der Waals surface area contributed by atoms with Crippen LogP contribution in [0.2, 0.25) is 0 Å². The van der Waals surface area contributed by atoms with E-state index in [1.54, 1.807) is 11.1 Å². The molecular formula is C14H22N4O2. The second kappa shape index (κ2) is 6.07. The Bertz CT molecular complexity index is 495. The summed E-state index contributed by atoms with van der Waals surface area (Å²) in [5.41, 5.74) is 0.993. The predicted molar refractivity (Wildman–Crippen MR) is 74.7 cm³/mol. The Morgan fingerprint density at radius 3 is 2.85 bits per heavy atom. The number of hydrogen-bond acceptors (Lipinski definition) is 3. The lowest BCUT2D eigenvalue weighted by molar-refractivity contribution is -0.142. The van der Waals surface area contributed by atoms with E-state index in [9.17, 15) is 9.59 Å². The molecule has 0 spiro atoms. The lowest BCUT2D eigenvalue weighted by atomic mass is 10.1. The molecule has 6 nitrogen and oxygen atoms in total. The van der Waals surface area contributed by atoms with Gasteiger partial charge < -0.3 is 10.2 Å². The summed E-state index contributed by atoms with van der Waals surface area (Å²) < 4.78 is 1.83. The molecule has 0 bridgehead atoms. The summed E-state index contributed by atoms with van der Waals surface area (Å²) in [5, 5.41) is 6.94. The third kappa shape index (κ3) is 3.00. The Morgan fingerprint density at radius 2 is 2.35 bits per heavy atom. The van der Waals surface area contributed by atoms with Crippen LogP contribution >= 0.6 is 0 Å². The summed E-state index contributed by atoms with van der Waals surface area (Å²) in [6.45, 7) is 7.85. The highest BCUT2D eigenvalue weighted by molar-refractivity contribution is 6.01. The Hall–Kier alpha value is -1.85. The van der Waals surface area contributed by atoms with Crippen LogP contribution in [0.25, 0.3) is 0 Å². The number of aryl methyl sites for hydroxylation is 1. The number of aromatic nitrogens is 2. The number of amides is 2. The number of nitrogens with zero attached hydrogens (tertiary/aromatic N) is 3. The van der Waals surface area contributed by atoms with Crippen molar-refractivity contribution in [3.05, 3.63) is 18.0 Å². The second-order valence-electron chi connectivity index (χ2n) is 5.40. The van der Waals surface area contributed by atoms with Gasteiger partial charge in [0.25, 0.3) is 0 Å². The molecular weight excluding hydrogens is 256 g/mol. The third-order valence-corrected chi connectivity index (χ3v) is 3.62. The molecule has 0 radical (unpaired) electrons. The van der Waals surface area contributed by atoms with Crippen molar-refractivity contribution in [3.8, 4) is 0 Å². The van der Waals surface area contributed by atoms with E-state index in [0.29, 0.717) is 19.5 Å². The summed E-state index contributed by atoms with van der Waals surface area (Å²) in [4.78, 5) is 25.9. The molecule has 0 aromatic carbocycles. The van der Waals surface area contributed by atoms with Crippen LogP contribution in [0.1, 0.15) is 32.8 Å². The van der Waals surface area contributed by atoms with Gasteiger partial charge in [-0.1, -0.05) is 0 Å². The highest BCUT2D eigenvalue weighted by Crippen LogP contribution is 2.17. The molecule has 0 saturated carbocycles. The average Bonchev–Trinajstić information content (AvgIpc) is 3.03. The van der Waals surface area contributed by atoms with E-state index in [2.05, 4.69) is 10.4 Å². The van der Waals surface area contributed by atoms with Gasteiger partial charge in [-0.15, -0.1) is 0 Å². The zero-order valence-corrected chi connectivity index (χ0v) is 12.3. The molecule has 1 fully saturated rings. The van der Waals surface area contributed by atoms with E-state index >= 15 is 0 Å². The van der Waals surface area contributed by atoms with Crippen molar-refractivity contribution < 1.29 is 9.59 Å². The standard InChI is InChI=1S/C14H22N4O2/c1-4-17-8-11(7-16-17)9-18(10(2)3)14(20)12-5-6-15-13(12)19/h7-8,10,12H,4-6,9H2,1-3H3,(H,15,19). The number of hydrogen-bond donors (Lipinski definition) is 1.